The molecule has 1 atom stereocenters. The zero-order valence-corrected chi connectivity index (χ0v) is 14.3. The fourth-order valence-electron chi connectivity index (χ4n) is 4.16. The zero-order valence-electron chi connectivity index (χ0n) is 14.3. The Balaban J connectivity index is 1.45. The van der Waals surface area contributed by atoms with E-state index in [9.17, 15) is 0 Å². The van der Waals surface area contributed by atoms with Gasteiger partial charge >= 0.3 is 0 Å². The summed E-state index contributed by atoms with van der Waals surface area (Å²) in [6, 6.07) is 0. The number of aromatic nitrogens is 7. The van der Waals surface area contributed by atoms with Crippen LogP contribution in [0, 0.1) is 0 Å². The smallest absolute Gasteiger partial charge is 0.203 e. The minimum Gasteiger partial charge on any atom is -0.353 e. The summed E-state index contributed by atoms with van der Waals surface area (Å²) in [4.78, 5) is 6.91. The minimum atomic E-state index is 0.401. The molecule has 1 fully saturated rings. The lowest BCUT2D eigenvalue weighted by Gasteiger charge is -2.33. The molecular formula is C17H22N8. The van der Waals surface area contributed by atoms with Crippen molar-refractivity contribution in [1.29, 1.82) is 0 Å². The van der Waals surface area contributed by atoms with Gasteiger partial charge in [-0.15, -0.1) is 20.4 Å². The summed E-state index contributed by atoms with van der Waals surface area (Å²) in [7, 11) is 0. The van der Waals surface area contributed by atoms with Crippen LogP contribution in [0.5, 0.6) is 0 Å². The van der Waals surface area contributed by atoms with Gasteiger partial charge in [-0.2, -0.15) is 0 Å². The van der Waals surface area contributed by atoms with E-state index in [1.165, 1.54) is 25.1 Å². The van der Waals surface area contributed by atoms with E-state index in [4.69, 9.17) is 0 Å². The highest BCUT2D eigenvalue weighted by Crippen LogP contribution is 2.30. The molecule has 25 heavy (non-hydrogen) atoms. The number of nitrogens with zero attached hydrogens (tertiary/aromatic N) is 8. The Morgan fingerprint density at radius 2 is 2.00 bits per heavy atom. The van der Waals surface area contributed by atoms with Crippen molar-refractivity contribution < 1.29 is 0 Å². The highest BCUT2D eigenvalue weighted by molar-refractivity contribution is 5.63. The summed E-state index contributed by atoms with van der Waals surface area (Å²) in [6.07, 6.45) is 12.5. The summed E-state index contributed by atoms with van der Waals surface area (Å²) in [5.41, 5.74) is 0.822. The average Bonchev–Trinajstić information content (AvgIpc) is 3.23. The monoisotopic (exact) mass is 338 g/mol. The number of hydrogen-bond donors (Lipinski definition) is 0. The molecule has 0 saturated carbocycles. The first kappa shape index (κ1) is 14.8. The van der Waals surface area contributed by atoms with Gasteiger partial charge in [0.1, 0.15) is 18.0 Å². The largest absolute Gasteiger partial charge is 0.353 e. The van der Waals surface area contributed by atoms with Crippen LogP contribution in [0.25, 0.3) is 5.65 Å². The number of fused-ring (bicyclic) bond motifs is 2. The van der Waals surface area contributed by atoms with Gasteiger partial charge in [0.15, 0.2) is 5.82 Å². The third kappa shape index (κ3) is 2.56. The highest BCUT2D eigenvalue weighted by atomic mass is 15.3. The maximum atomic E-state index is 4.58. The van der Waals surface area contributed by atoms with Gasteiger partial charge in [-0.05, 0) is 25.7 Å². The van der Waals surface area contributed by atoms with Crippen LogP contribution in [-0.4, -0.2) is 47.4 Å². The van der Waals surface area contributed by atoms with Crippen molar-refractivity contribution in [3.63, 3.8) is 0 Å². The van der Waals surface area contributed by atoms with Crippen molar-refractivity contribution in [2.45, 2.75) is 51.0 Å². The first-order chi connectivity index (χ1) is 12.4. The molecule has 0 unspecified atom stereocenters. The predicted octanol–water partition coefficient (Wildman–Crippen LogP) is 1.83. The minimum absolute atomic E-state index is 0.401. The van der Waals surface area contributed by atoms with Crippen LogP contribution in [0.3, 0.4) is 0 Å². The number of piperidine rings is 1. The molecule has 0 spiro atoms. The van der Waals surface area contributed by atoms with Crippen LogP contribution in [0.1, 0.15) is 49.7 Å². The zero-order chi connectivity index (χ0) is 16.6. The lowest BCUT2D eigenvalue weighted by Crippen LogP contribution is -2.36. The molecule has 0 N–H and O–H groups in total. The molecular weight excluding hydrogens is 316 g/mol. The fraction of sp³-hybridized carbons (Fsp3) is 0.588. The molecule has 130 valence electrons. The molecule has 0 amide bonds. The molecule has 3 aromatic heterocycles. The summed E-state index contributed by atoms with van der Waals surface area (Å²) < 4.78 is 4.31. The predicted molar refractivity (Wildman–Crippen MR) is 92.5 cm³/mol. The molecule has 5 rings (SSSR count). The van der Waals surface area contributed by atoms with Gasteiger partial charge in [0.2, 0.25) is 5.65 Å². The van der Waals surface area contributed by atoms with Gasteiger partial charge in [-0.3, -0.25) is 4.40 Å². The van der Waals surface area contributed by atoms with Crippen LogP contribution in [0.15, 0.2) is 18.7 Å². The Morgan fingerprint density at radius 1 is 1.00 bits per heavy atom. The van der Waals surface area contributed by atoms with Crippen molar-refractivity contribution >= 4 is 11.5 Å². The van der Waals surface area contributed by atoms with Crippen molar-refractivity contribution in [1.82, 2.24) is 34.3 Å². The van der Waals surface area contributed by atoms with Gasteiger partial charge < -0.3 is 9.47 Å². The van der Waals surface area contributed by atoms with Gasteiger partial charge in [0, 0.05) is 44.4 Å². The Morgan fingerprint density at radius 3 is 3.00 bits per heavy atom. The quantitative estimate of drug-likeness (QED) is 0.709. The highest BCUT2D eigenvalue weighted by Gasteiger charge is 2.29. The van der Waals surface area contributed by atoms with E-state index in [0.29, 0.717) is 5.92 Å². The SMILES string of the molecule is c1cn2cnnc2c(N2CCC[C@@H](c3nnc4n3CCCCC4)C2)n1. The van der Waals surface area contributed by atoms with Crippen LogP contribution in [-0.2, 0) is 13.0 Å². The second-order valence-corrected chi connectivity index (χ2v) is 7.03. The molecule has 0 aliphatic carbocycles. The van der Waals surface area contributed by atoms with E-state index in [-0.39, 0.29) is 0 Å². The van der Waals surface area contributed by atoms with Crippen molar-refractivity contribution in [3.8, 4) is 0 Å². The molecule has 3 aromatic rings. The Bertz CT molecular complexity index is 882. The average molecular weight is 338 g/mol. The first-order valence-corrected chi connectivity index (χ1v) is 9.21. The lowest BCUT2D eigenvalue weighted by molar-refractivity contribution is 0.464. The molecule has 5 heterocycles. The Labute approximate surface area is 145 Å². The topological polar surface area (TPSA) is 77.0 Å². The van der Waals surface area contributed by atoms with Gasteiger partial charge in [0.25, 0.3) is 0 Å². The Hall–Kier alpha value is -2.51. The summed E-state index contributed by atoms with van der Waals surface area (Å²) in [5.74, 6) is 3.65. The molecule has 8 nitrogen and oxygen atoms in total. The van der Waals surface area contributed by atoms with Crippen molar-refractivity contribution in [2.75, 3.05) is 18.0 Å². The van der Waals surface area contributed by atoms with E-state index in [1.54, 1.807) is 6.33 Å². The van der Waals surface area contributed by atoms with Crippen molar-refractivity contribution in [3.05, 3.63) is 30.4 Å². The van der Waals surface area contributed by atoms with Crippen LogP contribution < -0.4 is 4.90 Å². The number of aryl methyl sites for hydroxylation is 1. The van der Waals surface area contributed by atoms with E-state index in [2.05, 4.69) is 34.8 Å². The lowest BCUT2D eigenvalue weighted by atomic mass is 9.97. The molecule has 2 aliphatic rings. The molecule has 2 aliphatic heterocycles. The summed E-state index contributed by atoms with van der Waals surface area (Å²) >= 11 is 0. The second kappa shape index (κ2) is 6.09. The molecule has 0 aromatic carbocycles. The van der Waals surface area contributed by atoms with E-state index in [0.717, 1.165) is 56.2 Å². The Kier molecular flexibility index (Phi) is 3.61. The third-order valence-corrected chi connectivity index (χ3v) is 5.42. The van der Waals surface area contributed by atoms with Gasteiger partial charge in [-0.25, -0.2) is 4.98 Å². The molecule has 8 heteroatoms. The van der Waals surface area contributed by atoms with E-state index in [1.807, 2.05) is 16.8 Å². The first-order valence-electron chi connectivity index (χ1n) is 9.21. The van der Waals surface area contributed by atoms with Crippen LogP contribution in [0.4, 0.5) is 5.82 Å². The third-order valence-electron chi connectivity index (χ3n) is 5.42. The second-order valence-electron chi connectivity index (χ2n) is 7.03. The summed E-state index contributed by atoms with van der Waals surface area (Å²) in [5, 5.41) is 17.3. The summed E-state index contributed by atoms with van der Waals surface area (Å²) in [6.45, 7) is 2.97. The molecule has 1 saturated heterocycles. The maximum Gasteiger partial charge on any atom is 0.203 e. The number of rotatable bonds is 2. The number of anilines is 1. The maximum absolute atomic E-state index is 4.58. The normalized spacial score (nSPS) is 21.3. The van der Waals surface area contributed by atoms with E-state index >= 15 is 0 Å². The fourth-order valence-corrected chi connectivity index (χ4v) is 4.16. The van der Waals surface area contributed by atoms with E-state index < -0.39 is 0 Å². The van der Waals surface area contributed by atoms with Crippen molar-refractivity contribution in [2.24, 2.45) is 0 Å². The van der Waals surface area contributed by atoms with Crippen LogP contribution >= 0.6 is 0 Å². The number of hydrogen-bond acceptors (Lipinski definition) is 6. The standard InChI is InChI=1S/C17H22N8/c1-2-6-14-20-22-15(25(14)9-3-1)13-5-4-8-23(11-13)16-17-21-19-12-24(17)10-7-18-16/h7,10,12-13H,1-6,8-9,11H2/t13-/m1/s1. The molecule has 0 radical (unpaired) electrons. The molecule has 0 bridgehead atoms. The van der Waals surface area contributed by atoms with Crippen LogP contribution in [0.2, 0.25) is 0 Å². The van der Waals surface area contributed by atoms with Gasteiger partial charge in [0.05, 0.1) is 0 Å². The van der Waals surface area contributed by atoms with Gasteiger partial charge in [-0.1, -0.05) is 6.42 Å².